The molecule has 0 bridgehead atoms. The molecular weight excluding hydrogens is 432 g/mol. The fourth-order valence-corrected chi connectivity index (χ4v) is 2.91. The third kappa shape index (κ3) is 5.24. The molecule has 0 aliphatic carbocycles. The molecule has 2 aromatic carbocycles. The fraction of sp³-hybridized carbons (Fsp3) is 0.100. The molecule has 0 saturated heterocycles. The number of carboxylic acids is 1. The summed E-state index contributed by atoms with van der Waals surface area (Å²) in [7, 11) is 0. The number of aromatic carboxylic acids is 1. The number of nitrogens with zero attached hydrogens (tertiary/aromatic N) is 1. The number of carbonyl (C=O) groups is 1. The Hall–Kier alpha value is -3.76. The molecule has 162 valence electrons. The van der Waals surface area contributed by atoms with Gasteiger partial charge < -0.3 is 14.6 Å². The SMILES string of the molecule is O=C(O)c1c(-c2ccccc2OC(F)(F)F)cncc1-c1ccccc1OC(F)(F)F. The lowest BCUT2D eigenvalue weighted by Crippen LogP contribution is -2.18. The number of carboxylic acid groups (broad SMARTS) is 1. The van der Waals surface area contributed by atoms with E-state index in [0.717, 1.165) is 24.5 Å². The van der Waals surface area contributed by atoms with Crippen LogP contribution in [0.1, 0.15) is 10.4 Å². The Morgan fingerprint density at radius 3 is 1.45 bits per heavy atom. The summed E-state index contributed by atoms with van der Waals surface area (Å²) in [6.45, 7) is 0. The molecule has 1 aromatic heterocycles. The van der Waals surface area contributed by atoms with Crippen LogP contribution in [0.3, 0.4) is 0 Å². The molecule has 3 aromatic rings. The summed E-state index contributed by atoms with van der Waals surface area (Å²) in [6, 6.07) is 9.47. The number of benzene rings is 2. The zero-order chi connectivity index (χ0) is 22.8. The van der Waals surface area contributed by atoms with Gasteiger partial charge in [0.25, 0.3) is 0 Å². The zero-order valence-electron chi connectivity index (χ0n) is 15.2. The second-order valence-corrected chi connectivity index (χ2v) is 6.00. The summed E-state index contributed by atoms with van der Waals surface area (Å²) in [5.41, 5.74) is -1.67. The molecule has 0 aliphatic rings. The van der Waals surface area contributed by atoms with Crippen molar-refractivity contribution in [2.75, 3.05) is 0 Å². The van der Waals surface area contributed by atoms with Gasteiger partial charge in [-0.1, -0.05) is 36.4 Å². The molecule has 0 fully saturated rings. The standard InChI is InChI=1S/C20H11F6NO4/c21-19(22,23)30-15-7-3-1-5-11(15)13-9-27-10-14(17(13)18(28)29)12-6-2-4-8-16(12)31-20(24,25)26/h1-10H,(H,28,29). The van der Waals surface area contributed by atoms with Gasteiger partial charge in [-0.3, -0.25) is 4.98 Å². The highest BCUT2D eigenvalue weighted by atomic mass is 19.4. The predicted octanol–water partition coefficient (Wildman–Crippen LogP) is 5.91. The Morgan fingerprint density at radius 2 is 1.10 bits per heavy atom. The number of rotatable bonds is 5. The molecule has 0 aliphatic heterocycles. The summed E-state index contributed by atoms with van der Waals surface area (Å²) in [4.78, 5) is 15.8. The van der Waals surface area contributed by atoms with Gasteiger partial charge in [0.1, 0.15) is 11.5 Å². The largest absolute Gasteiger partial charge is 0.573 e. The molecule has 3 rings (SSSR count). The summed E-state index contributed by atoms with van der Waals surface area (Å²) in [5.74, 6) is -3.00. The van der Waals surface area contributed by atoms with Gasteiger partial charge in [-0.2, -0.15) is 0 Å². The van der Waals surface area contributed by atoms with Gasteiger partial charge in [0.05, 0.1) is 5.56 Å². The van der Waals surface area contributed by atoms with E-state index >= 15 is 0 Å². The van der Waals surface area contributed by atoms with Gasteiger partial charge in [0.15, 0.2) is 0 Å². The van der Waals surface area contributed by atoms with Crippen molar-refractivity contribution in [1.82, 2.24) is 4.98 Å². The van der Waals surface area contributed by atoms with Crippen LogP contribution in [0.4, 0.5) is 26.3 Å². The second kappa shape index (κ2) is 8.17. The Kier molecular flexibility index (Phi) is 5.78. The lowest BCUT2D eigenvalue weighted by molar-refractivity contribution is -0.275. The van der Waals surface area contributed by atoms with Gasteiger partial charge in [-0.05, 0) is 12.1 Å². The Bertz CT molecular complexity index is 1030. The molecule has 0 atom stereocenters. The van der Waals surface area contributed by atoms with Crippen molar-refractivity contribution in [2.24, 2.45) is 0 Å². The number of aromatic nitrogens is 1. The van der Waals surface area contributed by atoms with Crippen molar-refractivity contribution in [3.8, 4) is 33.8 Å². The minimum atomic E-state index is -5.06. The fourth-order valence-electron chi connectivity index (χ4n) is 2.91. The van der Waals surface area contributed by atoms with E-state index in [-0.39, 0.29) is 22.3 Å². The Morgan fingerprint density at radius 1 is 0.710 bits per heavy atom. The van der Waals surface area contributed by atoms with Gasteiger partial charge in [-0.25, -0.2) is 4.79 Å². The van der Waals surface area contributed by atoms with Crippen LogP contribution in [0.15, 0.2) is 60.9 Å². The topological polar surface area (TPSA) is 68.7 Å². The van der Waals surface area contributed by atoms with Gasteiger partial charge in [0, 0.05) is 34.6 Å². The number of pyridine rings is 1. The first kappa shape index (κ1) is 21.9. The first-order valence-corrected chi connectivity index (χ1v) is 8.38. The van der Waals surface area contributed by atoms with Gasteiger partial charge in [0.2, 0.25) is 0 Å². The molecule has 31 heavy (non-hydrogen) atoms. The number of ether oxygens (including phenoxy) is 2. The summed E-state index contributed by atoms with van der Waals surface area (Å²) in [6.07, 6.45) is -8.15. The molecular formula is C20H11F6NO4. The Labute approximate surface area is 170 Å². The van der Waals surface area contributed by atoms with E-state index in [4.69, 9.17) is 0 Å². The maximum absolute atomic E-state index is 12.8. The van der Waals surface area contributed by atoms with Crippen LogP contribution in [0.2, 0.25) is 0 Å². The van der Waals surface area contributed by atoms with E-state index in [9.17, 15) is 36.2 Å². The van der Waals surface area contributed by atoms with Crippen molar-refractivity contribution in [3.63, 3.8) is 0 Å². The van der Waals surface area contributed by atoms with Crippen LogP contribution in [0, 0.1) is 0 Å². The normalized spacial score (nSPS) is 11.8. The van der Waals surface area contributed by atoms with Gasteiger partial charge in [-0.15, -0.1) is 26.3 Å². The molecule has 0 radical (unpaired) electrons. The molecule has 5 nitrogen and oxygen atoms in total. The highest BCUT2D eigenvalue weighted by molar-refractivity contribution is 6.03. The lowest BCUT2D eigenvalue weighted by atomic mass is 9.93. The maximum Gasteiger partial charge on any atom is 0.573 e. The van der Waals surface area contributed by atoms with Crippen molar-refractivity contribution in [2.45, 2.75) is 12.7 Å². The molecule has 0 saturated carbocycles. The first-order chi connectivity index (χ1) is 14.5. The van der Waals surface area contributed by atoms with E-state index in [2.05, 4.69) is 14.5 Å². The van der Waals surface area contributed by atoms with Crippen LogP contribution < -0.4 is 9.47 Å². The highest BCUT2D eigenvalue weighted by Gasteiger charge is 2.34. The number of alkyl halides is 6. The number of halogens is 6. The monoisotopic (exact) mass is 443 g/mol. The zero-order valence-corrected chi connectivity index (χ0v) is 15.2. The van der Waals surface area contributed by atoms with Crippen molar-refractivity contribution < 1.29 is 45.7 Å². The summed E-state index contributed by atoms with van der Waals surface area (Å²) in [5, 5.41) is 9.76. The Balaban J connectivity index is 2.25. The minimum absolute atomic E-state index is 0.263. The van der Waals surface area contributed by atoms with E-state index in [1.807, 2.05) is 0 Å². The minimum Gasteiger partial charge on any atom is -0.478 e. The van der Waals surface area contributed by atoms with E-state index in [1.165, 1.54) is 36.4 Å². The first-order valence-electron chi connectivity index (χ1n) is 8.38. The van der Waals surface area contributed by atoms with Crippen LogP contribution in [0.25, 0.3) is 22.3 Å². The van der Waals surface area contributed by atoms with Crippen molar-refractivity contribution in [1.29, 1.82) is 0 Å². The van der Waals surface area contributed by atoms with E-state index in [1.54, 1.807) is 0 Å². The quantitative estimate of drug-likeness (QED) is 0.497. The number of para-hydroxylation sites is 2. The maximum atomic E-state index is 12.8. The molecule has 1 N–H and O–H groups in total. The number of hydrogen-bond acceptors (Lipinski definition) is 4. The molecule has 0 amide bonds. The van der Waals surface area contributed by atoms with E-state index in [0.29, 0.717) is 0 Å². The second-order valence-electron chi connectivity index (χ2n) is 6.00. The van der Waals surface area contributed by atoms with Crippen molar-refractivity contribution in [3.05, 3.63) is 66.5 Å². The number of hydrogen-bond donors (Lipinski definition) is 1. The van der Waals surface area contributed by atoms with E-state index < -0.39 is 35.8 Å². The average Bonchev–Trinajstić information content (AvgIpc) is 2.66. The molecule has 1 heterocycles. The van der Waals surface area contributed by atoms with Crippen LogP contribution in [-0.2, 0) is 0 Å². The average molecular weight is 443 g/mol. The highest BCUT2D eigenvalue weighted by Crippen LogP contribution is 2.41. The molecule has 0 spiro atoms. The van der Waals surface area contributed by atoms with Gasteiger partial charge >= 0.3 is 18.7 Å². The van der Waals surface area contributed by atoms with Crippen LogP contribution in [0.5, 0.6) is 11.5 Å². The lowest BCUT2D eigenvalue weighted by Gasteiger charge is -2.18. The summed E-state index contributed by atoms with van der Waals surface area (Å²) < 4.78 is 84.6. The predicted molar refractivity (Wildman–Crippen MR) is 95.4 cm³/mol. The smallest absolute Gasteiger partial charge is 0.478 e. The molecule has 0 unspecified atom stereocenters. The summed E-state index contributed by atoms with van der Waals surface area (Å²) >= 11 is 0. The third-order valence-electron chi connectivity index (χ3n) is 3.97. The van der Waals surface area contributed by atoms with Crippen LogP contribution >= 0.6 is 0 Å². The van der Waals surface area contributed by atoms with Crippen molar-refractivity contribution >= 4 is 5.97 Å². The third-order valence-corrected chi connectivity index (χ3v) is 3.97. The van der Waals surface area contributed by atoms with Crippen LogP contribution in [-0.4, -0.2) is 28.8 Å². The molecule has 11 heteroatoms.